The van der Waals surface area contributed by atoms with Crippen LogP contribution in [0.1, 0.15) is 11.1 Å². The van der Waals surface area contributed by atoms with Gasteiger partial charge in [-0.25, -0.2) is 4.39 Å². The molecule has 0 fully saturated rings. The molecule has 0 unspecified atom stereocenters. The molecule has 114 valence electrons. The summed E-state index contributed by atoms with van der Waals surface area (Å²) in [5, 5.41) is 8.20. The third-order valence-electron chi connectivity index (χ3n) is 2.62. The number of nitrogens with zero attached hydrogens (tertiary/aromatic N) is 2. The van der Waals surface area contributed by atoms with Gasteiger partial charge < -0.3 is 5.73 Å². The number of hydrogen-bond donors (Lipinski definition) is 1. The first kappa shape index (κ1) is 17.4. The lowest BCUT2D eigenvalue weighted by Crippen LogP contribution is -2.06. The molecular weight excluding hydrogens is 480 g/mol. The molecule has 2 N–H and O–H groups in total. The summed E-state index contributed by atoms with van der Waals surface area (Å²) in [5.41, 5.74) is 7.62. The predicted octanol–water partition coefficient (Wildman–Crippen LogP) is 4.77. The minimum atomic E-state index is -0.336. The summed E-state index contributed by atoms with van der Waals surface area (Å²) in [6.45, 7) is 0. The van der Waals surface area contributed by atoms with E-state index in [0.29, 0.717) is 15.2 Å². The van der Waals surface area contributed by atoms with Crippen LogP contribution in [0.3, 0.4) is 0 Å². The lowest BCUT2D eigenvalue weighted by Gasteiger charge is -2.01. The van der Waals surface area contributed by atoms with Crippen LogP contribution in [0.2, 0.25) is 0 Å². The predicted molar refractivity (Wildman–Crippen MR) is 104 cm³/mol. The molecule has 2 aromatic rings. The highest BCUT2D eigenvalue weighted by molar-refractivity contribution is 14.1. The Labute approximate surface area is 154 Å². The highest BCUT2D eigenvalue weighted by atomic mass is 127. The first-order valence-electron chi connectivity index (χ1n) is 6.24. The van der Waals surface area contributed by atoms with E-state index in [1.54, 1.807) is 6.07 Å². The van der Waals surface area contributed by atoms with Gasteiger partial charge in [0.15, 0.2) is 5.17 Å². The Kier molecular flexibility index (Phi) is 6.84. The lowest BCUT2D eigenvalue weighted by molar-refractivity contribution is 0.620. The average molecular weight is 492 g/mol. The Bertz CT molecular complexity index is 707. The Morgan fingerprint density at radius 3 is 2.77 bits per heavy atom. The third-order valence-corrected chi connectivity index (χ3v) is 5.02. The van der Waals surface area contributed by atoms with E-state index in [9.17, 15) is 4.39 Å². The SMILES string of the molecule is NC(=NN=Cc1cc(F)c(Br)cc1I)SCc1ccccc1. The quantitative estimate of drug-likeness (QED) is 0.220. The van der Waals surface area contributed by atoms with Crippen molar-refractivity contribution in [3.05, 3.63) is 67.5 Å². The molecular formula is C15H12BrFIN3S. The standard InChI is InChI=1S/C15H12BrFIN3S/c16-12-7-14(18)11(6-13(12)17)8-20-21-15(19)22-9-10-4-2-1-3-5-10/h1-8H,9H2,(H2,19,21). The molecule has 0 atom stereocenters. The van der Waals surface area contributed by atoms with Gasteiger partial charge in [0.1, 0.15) is 5.82 Å². The van der Waals surface area contributed by atoms with Gasteiger partial charge >= 0.3 is 0 Å². The fourth-order valence-corrected chi connectivity index (χ4v) is 3.53. The molecule has 2 rings (SSSR count). The van der Waals surface area contributed by atoms with Crippen LogP contribution in [0.5, 0.6) is 0 Å². The minimum absolute atomic E-state index is 0.336. The van der Waals surface area contributed by atoms with E-state index < -0.39 is 0 Å². The van der Waals surface area contributed by atoms with Gasteiger partial charge in [0.2, 0.25) is 0 Å². The van der Waals surface area contributed by atoms with Gasteiger partial charge in [-0.1, -0.05) is 42.1 Å². The maximum absolute atomic E-state index is 13.5. The molecule has 22 heavy (non-hydrogen) atoms. The van der Waals surface area contributed by atoms with Crippen LogP contribution in [0.25, 0.3) is 0 Å². The number of benzene rings is 2. The van der Waals surface area contributed by atoms with Gasteiger partial charge in [-0.3, -0.25) is 0 Å². The first-order valence-corrected chi connectivity index (χ1v) is 9.10. The molecule has 0 aliphatic heterocycles. The zero-order valence-corrected chi connectivity index (χ0v) is 15.9. The molecule has 0 aliphatic carbocycles. The fourth-order valence-electron chi connectivity index (χ4n) is 1.55. The molecule has 0 amide bonds. The van der Waals surface area contributed by atoms with E-state index in [1.807, 2.05) is 30.3 Å². The van der Waals surface area contributed by atoms with Crippen LogP contribution < -0.4 is 5.73 Å². The van der Waals surface area contributed by atoms with Crippen molar-refractivity contribution < 1.29 is 4.39 Å². The first-order chi connectivity index (χ1) is 10.6. The molecule has 0 heterocycles. The fraction of sp³-hybridized carbons (Fsp3) is 0.0667. The van der Waals surface area contributed by atoms with E-state index in [0.717, 1.165) is 9.32 Å². The number of thioether (sulfide) groups is 1. The topological polar surface area (TPSA) is 50.7 Å². The number of hydrogen-bond acceptors (Lipinski definition) is 3. The van der Waals surface area contributed by atoms with Gasteiger partial charge in [-0.15, -0.1) is 5.10 Å². The summed E-state index contributed by atoms with van der Waals surface area (Å²) in [7, 11) is 0. The molecule has 0 spiro atoms. The monoisotopic (exact) mass is 491 g/mol. The zero-order chi connectivity index (χ0) is 15.9. The van der Waals surface area contributed by atoms with Gasteiger partial charge in [-0.05, 0) is 56.2 Å². The van der Waals surface area contributed by atoms with Crippen LogP contribution in [0, 0.1) is 9.39 Å². The normalized spacial score (nSPS) is 12.0. The molecule has 2 aromatic carbocycles. The largest absolute Gasteiger partial charge is 0.377 e. The summed E-state index contributed by atoms with van der Waals surface area (Å²) in [4.78, 5) is 0. The summed E-state index contributed by atoms with van der Waals surface area (Å²) in [6.07, 6.45) is 1.49. The van der Waals surface area contributed by atoms with Crippen molar-refractivity contribution in [3.8, 4) is 0 Å². The minimum Gasteiger partial charge on any atom is -0.377 e. The maximum atomic E-state index is 13.5. The van der Waals surface area contributed by atoms with Crippen molar-refractivity contribution in [1.82, 2.24) is 0 Å². The second-order valence-corrected chi connectivity index (χ2v) is 7.26. The van der Waals surface area contributed by atoms with Crippen LogP contribution >= 0.6 is 50.3 Å². The van der Waals surface area contributed by atoms with Crippen LogP contribution in [-0.4, -0.2) is 11.4 Å². The van der Waals surface area contributed by atoms with Gasteiger partial charge in [0.05, 0.1) is 10.7 Å². The molecule has 0 aliphatic rings. The Morgan fingerprint density at radius 1 is 1.32 bits per heavy atom. The highest BCUT2D eigenvalue weighted by Crippen LogP contribution is 2.21. The number of nitrogens with two attached hydrogens (primary N) is 1. The van der Waals surface area contributed by atoms with Gasteiger partial charge in [-0.2, -0.15) is 5.10 Å². The second kappa shape index (κ2) is 8.64. The molecule has 0 aromatic heterocycles. The van der Waals surface area contributed by atoms with Crippen molar-refractivity contribution in [1.29, 1.82) is 0 Å². The Morgan fingerprint density at radius 2 is 2.05 bits per heavy atom. The molecule has 7 heteroatoms. The average Bonchev–Trinajstić information content (AvgIpc) is 2.51. The van der Waals surface area contributed by atoms with E-state index in [4.69, 9.17) is 5.73 Å². The van der Waals surface area contributed by atoms with Crippen molar-refractivity contribution in [2.24, 2.45) is 15.9 Å². The van der Waals surface area contributed by atoms with E-state index in [-0.39, 0.29) is 5.82 Å². The Balaban J connectivity index is 1.97. The Hall–Kier alpha value is -0.930. The number of rotatable bonds is 4. The maximum Gasteiger partial charge on any atom is 0.180 e. The van der Waals surface area contributed by atoms with E-state index in [1.165, 1.54) is 29.6 Å². The summed E-state index contributed by atoms with van der Waals surface area (Å²) < 4.78 is 14.8. The van der Waals surface area contributed by atoms with Crippen molar-refractivity contribution >= 4 is 61.7 Å². The number of halogens is 3. The van der Waals surface area contributed by atoms with Gasteiger partial charge in [0.25, 0.3) is 0 Å². The molecule has 0 saturated carbocycles. The zero-order valence-electron chi connectivity index (χ0n) is 11.3. The number of amidine groups is 1. The summed E-state index contributed by atoms with van der Waals surface area (Å²) in [6, 6.07) is 13.1. The van der Waals surface area contributed by atoms with Gasteiger partial charge in [0, 0.05) is 14.9 Å². The van der Waals surface area contributed by atoms with Crippen LogP contribution in [-0.2, 0) is 5.75 Å². The molecule has 0 radical (unpaired) electrons. The van der Waals surface area contributed by atoms with Crippen LogP contribution in [0.4, 0.5) is 4.39 Å². The van der Waals surface area contributed by atoms with Crippen LogP contribution in [0.15, 0.2) is 57.1 Å². The highest BCUT2D eigenvalue weighted by Gasteiger charge is 2.04. The molecule has 3 nitrogen and oxygen atoms in total. The molecule has 0 bridgehead atoms. The molecule has 0 saturated heterocycles. The van der Waals surface area contributed by atoms with Crippen molar-refractivity contribution in [2.75, 3.05) is 0 Å². The smallest absolute Gasteiger partial charge is 0.180 e. The van der Waals surface area contributed by atoms with E-state index in [2.05, 4.69) is 48.7 Å². The summed E-state index contributed by atoms with van der Waals surface area (Å²) in [5.74, 6) is 0.396. The lowest BCUT2D eigenvalue weighted by atomic mass is 10.2. The van der Waals surface area contributed by atoms with Crippen molar-refractivity contribution in [3.63, 3.8) is 0 Å². The third kappa shape index (κ3) is 5.36. The van der Waals surface area contributed by atoms with E-state index >= 15 is 0 Å². The summed E-state index contributed by atoms with van der Waals surface area (Å²) >= 11 is 6.66. The van der Waals surface area contributed by atoms with Crippen molar-refractivity contribution in [2.45, 2.75) is 5.75 Å². The second-order valence-electron chi connectivity index (χ2n) is 4.24.